The lowest BCUT2D eigenvalue weighted by molar-refractivity contribution is -0.137. The molecular formula is C21H11F4NO2S2. The minimum Gasteiger partial charge on any atom is -0.457 e. The molecule has 0 bridgehead atoms. The third-order valence-electron chi connectivity index (χ3n) is 4.25. The van der Waals surface area contributed by atoms with Crippen LogP contribution in [0.3, 0.4) is 0 Å². The van der Waals surface area contributed by atoms with Crippen LogP contribution < -0.4 is 4.90 Å². The topological polar surface area (TPSA) is 33.5 Å². The van der Waals surface area contributed by atoms with E-state index in [1.54, 1.807) is 24.3 Å². The summed E-state index contributed by atoms with van der Waals surface area (Å²) < 4.78 is 57.8. The highest BCUT2D eigenvalue weighted by Gasteiger charge is 2.36. The normalized spacial score (nSPS) is 16.0. The fraction of sp³-hybridized carbons (Fsp3) is 0.0476. The molecule has 152 valence electrons. The molecule has 0 aliphatic carbocycles. The molecule has 1 saturated heterocycles. The van der Waals surface area contributed by atoms with Gasteiger partial charge in [-0.05, 0) is 54.6 Å². The third kappa shape index (κ3) is 4.03. The molecule has 0 radical (unpaired) electrons. The van der Waals surface area contributed by atoms with Crippen LogP contribution >= 0.6 is 24.0 Å². The van der Waals surface area contributed by atoms with Crippen molar-refractivity contribution in [3.05, 3.63) is 82.7 Å². The van der Waals surface area contributed by atoms with E-state index in [0.717, 1.165) is 28.8 Å². The predicted octanol–water partition coefficient (Wildman–Crippen LogP) is 6.51. The minimum absolute atomic E-state index is 0.0437. The number of rotatable bonds is 3. The lowest BCUT2D eigenvalue weighted by Crippen LogP contribution is -2.27. The van der Waals surface area contributed by atoms with E-state index in [1.165, 1.54) is 30.3 Å². The van der Waals surface area contributed by atoms with E-state index in [0.29, 0.717) is 17.1 Å². The van der Waals surface area contributed by atoms with Crippen LogP contribution in [0.25, 0.3) is 17.4 Å². The Morgan fingerprint density at radius 1 is 1.03 bits per heavy atom. The van der Waals surface area contributed by atoms with Crippen LogP contribution in [0.15, 0.2) is 70.0 Å². The Balaban J connectivity index is 1.60. The van der Waals surface area contributed by atoms with Gasteiger partial charge in [-0.15, -0.1) is 0 Å². The molecule has 2 heterocycles. The number of carbonyl (C=O) groups excluding carboxylic acids is 1. The van der Waals surface area contributed by atoms with Gasteiger partial charge in [-0.1, -0.05) is 30.0 Å². The van der Waals surface area contributed by atoms with Crippen molar-refractivity contribution in [2.45, 2.75) is 6.18 Å². The number of halogens is 4. The zero-order chi connectivity index (χ0) is 21.5. The Hall–Kier alpha value is -2.91. The molecule has 1 fully saturated rings. The Morgan fingerprint density at radius 3 is 2.47 bits per heavy atom. The maximum Gasteiger partial charge on any atom is 0.416 e. The van der Waals surface area contributed by atoms with Gasteiger partial charge in [0.1, 0.15) is 17.3 Å². The molecule has 2 aromatic carbocycles. The summed E-state index contributed by atoms with van der Waals surface area (Å²) in [5, 5.41) is 0. The quantitative estimate of drug-likeness (QED) is 0.259. The molecule has 0 saturated carbocycles. The van der Waals surface area contributed by atoms with Crippen molar-refractivity contribution in [1.29, 1.82) is 0 Å². The number of hydrogen-bond donors (Lipinski definition) is 0. The maximum atomic E-state index is 13.1. The lowest BCUT2D eigenvalue weighted by atomic mass is 10.2. The largest absolute Gasteiger partial charge is 0.457 e. The smallest absolute Gasteiger partial charge is 0.416 e. The molecule has 3 aromatic rings. The van der Waals surface area contributed by atoms with Crippen LogP contribution in [0.4, 0.5) is 23.2 Å². The standard InChI is InChI=1S/C21H11F4NO2S2/c22-14-6-4-12(5-7-14)17-9-8-16(28-17)11-18-19(27)26(20(29)30-18)15-3-1-2-13(10-15)21(23,24)25/h1-11H. The van der Waals surface area contributed by atoms with Crippen molar-refractivity contribution in [3.63, 3.8) is 0 Å². The number of thiocarbonyl (C=S) groups is 1. The molecule has 0 unspecified atom stereocenters. The molecule has 30 heavy (non-hydrogen) atoms. The van der Waals surface area contributed by atoms with Crippen LogP contribution in [0, 0.1) is 5.82 Å². The van der Waals surface area contributed by atoms with E-state index in [-0.39, 0.29) is 20.7 Å². The van der Waals surface area contributed by atoms with Gasteiger partial charge < -0.3 is 4.42 Å². The second kappa shape index (κ2) is 7.73. The summed E-state index contributed by atoms with van der Waals surface area (Å²) in [5.74, 6) is -0.0682. The minimum atomic E-state index is -4.53. The van der Waals surface area contributed by atoms with Gasteiger partial charge in [-0.2, -0.15) is 13.2 Å². The zero-order valence-electron chi connectivity index (χ0n) is 14.9. The average molecular weight is 449 g/mol. The van der Waals surface area contributed by atoms with Gasteiger partial charge in [0.25, 0.3) is 5.91 Å². The second-order valence-electron chi connectivity index (χ2n) is 6.27. The third-order valence-corrected chi connectivity index (χ3v) is 5.56. The molecule has 0 atom stereocenters. The molecule has 4 rings (SSSR count). The summed E-state index contributed by atoms with van der Waals surface area (Å²) in [4.78, 5) is 14.1. The Labute approximate surface area is 178 Å². The number of carbonyl (C=O) groups is 1. The SMILES string of the molecule is O=C1C(=Cc2ccc(-c3ccc(F)cc3)o2)SC(=S)N1c1cccc(C(F)(F)F)c1. The highest BCUT2D eigenvalue weighted by atomic mass is 32.2. The van der Waals surface area contributed by atoms with E-state index >= 15 is 0 Å². The molecule has 1 amide bonds. The maximum absolute atomic E-state index is 13.1. The number of nitrogens with zero attached hydrogens (tertiary/aromatic N) is 1. The first-order chi connectivity index (χ1) is 14.2. The van der Waals surface area contributed by atoms with Crippen LogP contribution in [0.5, 0.6) is 0 Å². The van der Waals surface area contributed by atoms with Gasteiger partial charge in [0.05, 0.1) is 16.2 Å². The number of furan rings is 1. The van der Waals surface area contributed by atoms with Gasteiger partial charge >= 0.3 is 6.18 Å². The monoisotopic (exact) mass is 449 g/mol. The average Bonchev–Trinajstić information content (AvgIpc) is 3.26. The van der Waals surface area contributed by atoms with Crippen LogP contribution in [0.1, 0.15) is 11.3 Å². The van der Waals surface area contributed by atoms with Gasteiger partial charge in [-0.25, -0.2) is 4.39 Å². The van der Waals surface area contributed by atoms with E-state index in [2.05, 4.69) is 0 Å². The summed E-state index contributed by atoms with van der Waals surface area (Å²) in [7, 11) is 0. The van der Waals surface area contributed by atoms with Gasteiger partial charge in [-0.3, -0.25) is 9.69 Å². The Kier molecular flexibility index (Phi) is 5.25. The summed E-state index contributed by atoms with van der Waals surface area (Å²) in [6, 6.07) is 13.5. The zero-order valence-corrected chi connectivity index (χ0v) is 16.6. The van der Waals surface area contributed by atoms with Crippen LogP contribution in [-0.4, -0.2) is 10.2 Å². The van der Waals surface area contributed by atoms with Gasteiger partial charge in [0, 0.05) is 11.6 Å². The molecule has 1 aromatic heterocycles. The summed E-state index contributed by atoms with van der Waals surface area (Å²) in [5.41, 5.74) is -0.164. The predicted molar refractivity (Wildman–Crippen MR) is 111 cm³/mol. The van der Waals surface area contributed by atoms with Crippen molar-refractivity contribution in [2.75, 3.05) is 4.90 Å². The second-order valence-corrected chi connectivity index (χ2v) is 7.95. The van der Waals surface area contributed by atoms with E-state index in [9.17, 15) is 22.4 Å². The highest BCUT2D eigenvalue weighted by molar-refractivity contribution is 8.27. The fourth-order valence-corrected chi connectivity index (χ4v) is 4.12. The summed E-state index contributed by atoms with van der Waals surface area (Å²) in [6.07, 6.45) is -3.06. The van der Waals surface area contributed by atoms with Gasteiger partial charge in [0.2, 0.25) is 0 Å². The first-order valence-electron chi connectivity index (χ1n) is 8.53. The van der Waals surface area contributed by atoms with Crippen LogP contribution in [-0.2, 0) is 11.0 Å². The van der Waals surface area contributed by atoms with Crippen molar-refractivity contribution in [2.24, 2.45) is 0 Å². The lowest BCUT2D eigenvalue weighted by Gasteiger charge is -2.16. The van der Waals surface area contributed by atoms with E-state index < -0.39 is 17.6 Å². The molecule has 1 aliphatic heterocycles. The molecule has 1 aliphatic rings. The molecule has 9 heteroatoms. The Morgan fingerprint density at radius 2 is 1.77 bits per heavy atom. The number of amides is 1. The number of anilines is 1. The van der Waals surface area contributed by atoms with Crippen molar-refractivity contribution >= 4 is 46.0 Å². The number of hydrogen-bond acceptors (Lipinski definition) is 4. The van der Waals surface area contributed by atoms with E-state index in [4.69, 9.17) is 16.6 Å². The fourth-order valence-electron chi connectivity index (χ4n) is 2.84. The molecule has 0 spiro atoms. The van der Waals surface area contributed by atoms with Crippen molar-refractivity contribution in [3.8, 4) is 11.3 Å². The highest BCUT2D eigenvalue weighted by Crippen LogP contribution is 2.38. The van der Waals surface area contributed by atoms with Crippen LogP contribution in [0.2, 0.25) is 0 Å². The van der Waals surface area contributed by atoms with Crippen molar-refractivity contribution in [1.82, 2.24) is 0 Å². The van der Waals surface area contributed by atoms with Crippen molar-refractivity contribution < 1.29 is 26.8 Å². The number of thioether (sulfide) groups is 1. The van der Waals surface area contributed by atoms with Gasteiger partial charge in [0.15, 0.2) is 4.32 Å². The van der Waals surface area contributed by atoms with E-state index in [1.807, 2.05) is 0 Å². The number of alkyl halides is 3. The molecule has 0 N–H and O–H groups in total. The molecular weight excluding hydrogens is 438 g/mol. The number of benzene rings is 2. The molecule has 3 nitrogen and oxygen atoms in total. The summed E-state index contributed by atoms with van der Waals surface area (Å²) >= 11 is 6.17. The Bertz CT molecular complexity index is 1170. The first-order valence-corrected chi connectivity index (χ1v) is 9.76. The first kappa shape index (κ1) is 20.4. The summed E-state index contributed by atoms with van der Waals surface area (Å²) in [6.45, 7) is 0.